The van der Waals surface area contributed by atoms with Gasteiger partial charge in [-0.1, -0.05) is 39.2 Å². The van der Waals surface area contributed by atoms with E-state index in [9.17, 15) is 9.90 Å². The molecule has 1 N–H and O–H groups in total. The Morgan fingerprint density at radius 1 is 1.35 bits per heavy atom. The van der Waals surface area contributed by atoms with Crippen molar-refractivity contribution in [3.63, 3.8) is 0 Å². The van der Waals surface area contributed by atoms with Gasteiger partial charge in [-0.3, -0.25) is 4.57 Å². The first-order chi connectivity index (χ1) is 9.58. The zero-order valence-corrected chi connectivity index (χ0v) is 12.4. The van der Waals surface area contributed by atoms with Gasteiger partial charge >= 0.3 is 5.76 Å². The van der Waals surface area contributed by atoms with Crippen LogP contribution < -0.4 is 5.76 Å². The molecule has 0 spiro atoms. The van der Waals surface area contributed by atoms with E-state index in [0.717, 1.165) is 36.8 Å². The van der Waals surface area contributed by atoms with Gasteiger partial charge in [0.05, 0.1) is 11.6 Å². The smallest absolute Gasteiger partial charge is 0.408 e. The topological polar surface area (TPSA) is 55.4 Å². The fourth-order valence-corrected chi connectivity index (χ4v) is 2.66. The predicted octanol–water partition coefficient (Wildman–Crippen LogP) is 3.38. The van der Waals surface area contributed by atoms with Crippen LogP contribution in [0.25, 0.3) is 11.1 Å². The van der Waals surface area contributed by atoms with Crippen molar-refractivity contribution in [1.82, 2.24) is 4.57 Å². The molecule has 110 valence electrons. The number of aromatic nitrogens is 1. The third-order valence-corrected chi connectivity index (χ3v) is 4.06. The molecule has 0 aliphatic rings. The number of hydrogen-bond acceptors (Lipinski definition) is 3. The maximum absolute atomic E-state index is 11.5. The molecule has 0 amide bonds. The third-order valence-electron chi connectivity index (χ3n) is 4.06. The average Bonchev–Trinajstić information content (AvgIpc) is 2.74. The molecular weight excluding hydrogens is 254 g/mol. The Labute approximate surface area is 119 Å². The summed E-state index contributed by atoms with van der Waals surface area (Å²) in [5, 5.41) is 10.5. The highest BCUT2D eigenvalue weighted by atomic mass is 16.4. The first kappa shape index (κ1) is 14.9. The van der Waals surface area contributed by atoms with Gasteiger partial charge in [0.25, 0.3) is 0 Å². The summed E-state index contributed by atoms with van der Waals surface area (Å²) in [7, 11) is 1.68. The van der Waals surface area contributed by atoms with E-state index in [-0.39, 0.29) is 11.7 Å². The molecule has 0 saturated heterocycles. The van der Waals surface area contributed by atoms with Crippen LogP contribution in [0.3, 0.4) is 0 Å². The summed E-state index contributed by atoms with van der Waals surface area (Å²) in [5.74, 6) is -0.118. The normalized spacial score (nSPS) is 14.6. The molecule has 0 radical (unpaired) electrons. The molecule has 0 aliphatic carbocycles. The summed E-state index contributed by atoms with van der Waals surface area (Å²) < 4.78 is 6.65. The number of oxazole rings is 1. The van der Waals surface area contributed by atoms with Crippen molar-refractivity contribution in [3.05, 3.63) is 34.3 Å². The average molecular weight is 277 g/mol. The maximum atomic E-state index is 11.5. The second kappa shape index (κ2) is 6.27. The molecule has 0 bridgehead atoms. The minimum absolute atomic E-state index is 0.253. The zero-order valence-electron chi connectivity index (χ0n) is 12.4. The van der Waals surface area contributed by atoms with Gasteiger partial charge in [0.2, 0.25) is 0 Å². The molecule has 0 saturated carbocycles. The second-order valence-electron chi connectivity index (χ2n) is 5.41. The van der Waals surface area contributed by atoms with Crippen LogP contribution in [0.2, 0.25) is 0 Å². The second-order valence-corrected chi connectivity index (χ2v) is 5.41. The van der Waals surface area contributed by atoms with Crippen molar-refractivity contribution >= 4 is 11.1 Å². The number of aryl methyl sites for hydroxylation is 1. The largest absolute Gasteiger partial charge is 0.419 e. The molecule has 2 atom stereocenters. The van der Waals surface area contributed by atoms with Crippen molar-refractivity contribution in [2.45, 2.75) is 45.6 Å². The van der Waals surface area contributed by atoms with Crippen molar-refractivity contribution in [2.24, 2.45) is 13.0 Å². The molecule has 4 heteroatoms. The summed E-state index contributed by atoms with van der Waals surface area (Å²) >= 11 is 0. The Morgan fingerprint density at radius 2 is 2.10 bits per heavy atom. The Balaban J connectivity index is 2.29. The molecular formula is C16H23NO3. The minimum Gasteiger partial charge on any atom is -0.408 e. The van der Waals surface area contributed by atoms with Crippen LogP contribution in [-0.4, -0.2) is 9.67 Å². The third kappa shape index (κ3) is 2.80. The number of unbranched alkanes of at least 4 members (excludes halogenated alkanes) is 1. The van der Waals surface area contributed by atoms with Crippen LogP contribution in [0.5, 0.6) is 0 Å². The van der Waals surface area contributed by atoms with Crippen LogP contribution in [-0.2, 0) is 7.05 Å². The van der Waals surface area contributed by atoms with Crippen LogP contribution in [0, 0.1) is 5.92 Å². The summed E-state index contributed by atoms with van der Waals surface area (Å²) in [5.41, 5.74) is 2.13. The van der Waals surface area contributed by atoms with Gasteiger partial charge in [-0.15, -0.1) is 0 Å². The van der Waals surface area contributed by atoms with E-state index < -0.39 is 6.10 Å². The first-order valence-electron chi connectivity index (χ1n) is 7.36. The van der Waals surface area contributed by atoms with Crippen molar-refractivity contribution in [2.75, 3.05) is 0 Å². The summed E-state index contributed by atoms with van der Waals surface area (Å²) in [6.07, 6.45) is 3.72. The van der Waals surface area contributed by atoms with Gasteiger partial charge in [-0.05, 0) is 30.0 Å². The highest BCUT2D eigenvalue weighted by Crippen LogP contribution is 2.30. The van der Waals surface area contributed by atoms with Crippen LogP contribution >= 0.6 is 0 Å². The van der Waals surface area contributed by atoms with Crippen molar-refractivity contribution < 1.29 is 9.52 Å². The van der Waals surface area contributed by atoms with Crippen LogP contribution in [0.1, 0.15) is 51.2 Å². The lowest BCUT2D eigenvalue weighted by Crippen LogP contribution is -2.12. The SMILES string of the molecule is CCCCC(CC)C(O)c1ccc2c(c1)oc(=O)n2C. The maximum Gasteiger partial charge on any atom is 0.419 e. The van der Waals surface area contributed by atoms with Gasteiger partial charge in [0, 0.05) is 7.05 Å². The number of aliphatic hydroxyl groups excluding tert-OH is 1. The van der Waals surface area contributed by atoms with Gasteiger partial charge < -0.3 is 9.52 Å². The number of fused-ring (bicyclic) bond motifs is 1. The molecule has 2 aromatic rings. The molecule has 4 nitrogen and oxygen atoms in total. The lowest BCUT2D eigenvalue weighted by Gasteiger charge is -2.21. The Bertz CT molecular complexity index is 626. The Kier molecular flexibility index (Phi) is 4.65. The van der Waals surface area contributed by atoms with Gasteiger partial charge in [0.15, 0.2) is 5.58 Å². The number of benzene rings is 1. The lowest BCUT2D eigenvalue weighted by molar-refractivity contribution is 0.0990. The van der Waals surface area contributed by atoms with Gasteiger partial charge in [-0.2, -0.15) is 0 Å². The van der Waals surface area contributed by atoms with Crippen molar-refractivity contribution in [1.29, 1.82) is 0 Å². The zero-order chi connectivity index (χ0) is 14.7. The number of hydrogen-bond donors (Lipinski definition) is 1. The molecule has 0 fully saturated rings. The molecule has 2 unspecified atom stereocenters. The van der Waals surface area contributed by atoms with E-state index in [1.54, 1.807) is 13.1 Å². The molecule has 2 rings (SSSR count). The fourth-order valence-electron chi connectivity index (χ4n) is 2.66. The highest BCUT2D eigenvalue weighted by molar-refractivity contribution is 5.73. The summed E-state index contributed by atoms with van der Waals surface area (Å²) in [4.78, 5) is 11.5. The van der Waals surface area contributed by atoms with E-state index in [0.29, 0.717) is 5.58 Å². The highest BCUT2D eigenvalue weighted by Gasteiger charge is 2.20. The quantitative estimate of drug-likeness (QED) is 0.880. The lowest BCUT2D eigenvalue weighted by atomic mass is 9.89. The molecule has 1 aromatic carbocycles. The first-order valence-corrected chi connectivity index (χ1v) is 7.36. The molecule has 20 heavy (non-hydrogen) atoms. The number of rotatable bonds is 6. The predicted molar refractivity (Wildman–Crippen MR) is 79.7 cm³/mol. The molecule has 1 heterocycles. The summed E-state index contributed by atoms with van der Waals surface area (Å²) in [6.45, 7) is 4.26. The van der Waals surface area contributed by atoms with Crippen molar-refractivity contribution in [3.8, 4) is 0 Å². The van der Waals surface area contributed by atoms with E-state index in [1.807, 2.05) is 12.1 Å². The van der Waals surface area contributed by atoms with E-state index in [2.05, 4.69) is 13.8 Å². The molecule has 1 aromatic heterocycles. The number of nitrogens with zero attached hydrogens (tertiary/aromatic N) is 1. The molecule has 0 aliphatic heterocycles. The summed E-state index contributed by atoms with van der Waals surface area (Å²) in [6, 6.07) is 5.51. The monoisotopic (exact) mass is 277 g/mol. The standard InChI is InChI=1S/C16H23NO3/c1-4-6-7-11(5-2)15(18)12-8-9-13-14(10-12)20-16(19)17(13)3/h8-11,15,18H,4-7H2,1-3H3. The van der Waals surface area contributed by atoms with Crippen LogP contribution in [0.15, 0.2) is 27.4 Å². The fraction of sp³-hybridized carbons (Fsp3) is 0.562. The number of aliphatic hydroxyl groups is 1. The Hall–Kier alpha value is -1.55. The Morgan fingerprint density at radius 3 is 2.75 bits per heavy atom. The van der Waals surface area contributed by atoms with Crippen LogP contribution in [0.4, 0.5) is 0 Å². The van der Waals surface area contributed by atoms with E-state index in [1.165, 1.54) is 4.57 Å². The van der Waals surface area contributed by atoms with E-state index >= 15 is 0 Å². The van der Waals surface area contributed by atoms with Gasteiger partial charge in [0.1, 0.15) is 0 Å². The van der Waals surface area contributed by atoms with E-state index in [4.69, 9.17) is 4.42 Å². The van der Waals surface area contributed by atoms with Gasteiger partial charge in [-0.25, -0.2) is 4.79 Å². The minimum atomic E-state index is -0.499.